The second-order valence-corrected chi connectivity index (χ2v) is 5.00. The Morgan fingerprint density at radius 3 is 2.41 bits per heavy atom. The van der Waals surface area contributed by atoms with Crippen molar-refractivity contribution in [3.63, 3.8) is 0 Å². The molecule has 17 heavy (non-hydrogen) atoms. The quantitative estimate of drug-likeness (QED) is 0.806. The van der Waals surface area contributed by atoms with Crippen LogP contribution in [0.3, 0.4) is 0 Å². The molecule has 0 aromatic heterocycles. The molecule has 0 spiro atoms. The van der Waals surface area contributed by atoms with Crippen LogP contribution < -0.4 is 10.6 Å². The lowest BCUT2D eigenvalue weighted by Gasteiger charge is -2.34. The average molecular weight is 309 g/mol. The van der Waals surface area contributed by atoms with Crippen LogP contribution in [0.5, 0.6) is 0 Å². The van der Waals surface area contributed by atoms with E-state index in [-0.39, 0.29) is 37.3 Å². The molecular weight excluding hydrogens is 297 g/mol. The summed E-state index contributed by atoms with van der Waals surface area (Å²) in [6.07, 6.45) is -0.531. The van der Waals surface area contributed by atoms with E-state index in [4.69, 9.17) is 5.73 Å². The Bertz CT molecular complexity index is 427. The van der Waals surface area contributed by atoms with E-state index in [2.05, 4.69) is 15.9 Å². The minimum Gasteiger partial charge on any atom is -0.397 e. The molecule has 2 nitrogen and oxygen atoms in total. The fraction of sp³-hybridized carbons (Fsp3) is 0.455. The summed E-state index contributed by atoms with van der Waals surface area (Å²) in [6.45, 7) is 0.231. The molecule has 0 aliphatic carbocycles. The van der Waals surface area contributed by atoms with Crippen molar-refractivity contribution in [1.82, 2.24) is 0 Å². The standard InChI is InChI=1S/C11H12BrF3N2/c12-7-1-2-8(16)10(9(7)13)17-5-3-11(14,15)4-6-17/h1-2H,3-6,16H2. The SMILES string of the molecule is Nc1ccc(Br)c(F)c1N1CCC(F)(F)CC1. The van der Waals surface area contributed by atoms with Crippen molar-refractivity contribution in [2.75, 3.05) is 23.7 Å². The molecular formula is C11H12BrF3N2. The molecule has 1 saturated heterocycles. The van der Waals surface area contributed by atoms with E-state index < -0.39 is 11.7 Å². The molecule has 0 unspecified atom stereocenters. The summed E-state index contributed by atoms with van der Waals surface area (Å²) < 4.78 is 40.2. The van der Waals surface area contributed by atoms with Gasteiger partial charge >= 0.3 is 0 Å². The van der Waals surface area contributed by atoms with Gasteiger partial charge in [-0.05, 0) is 28.1 Å². The summed E-state index contributed by atoms with van der Waals surface area (Å²) in [4.78, 5) is 1.58. The van der Waals surface area contributed by atoms with E-state index in [1.54, 1.807) is 11.0 Å². The van der Waals surface area contributed by atoms with E-state index in [0.717, 1.165) is 0 Å². The predicted molar refractivity (Wildman–Crippen MR) is 64.9 cm³/mol. The van der Waals surface area contributed by atoms with Gasteiger partial charge in [0, 0.05) is 25.9 Å². The van der Waals surface area contributed by atoms with Gasteiger partial charge in [-0.15, -0.1) is 0 Å². The van der Waals surface area contributed by atoms with Crippen LogP contribution in [0.2, 0.25) is 0 Å². The van der Waals surface area contributed by atoms with Crippen LogP contribution in [-0.2, 0) is 0 Å². The van der Waals surface area contributed by atoms with Gasteiger partial charge in [0.05, 0.1) is 15.8 Å². The predicted octanol–water partition coefficient (Wildman–Crippen LogP) is 3.41. The van der Waals surface area contributed by atoms with Crippen molar-refractivity contribution < 1.29 is 13.2 Å². The Labute approximate surface area is 106 Å². The number of nitrogens with two attached hydrogens (primary N) is 1. The minimum absolute atomic E-state index is 0.116. The fourth-order valence-electron chi connectivity index (χ4n) is 1.93. The number of alkyl halides is 2. The molecule has 6 heteroatoms. The molecule has 1 fully saturated rings. The van der Waals surface area contributed by atoms with Crippen molar-refractivity contribution in [1.29, 1.82) is 0 Å². The molecule has 0 amide bonds. The second-order valence-electron chi connectivity index (χ2n) is 4.14. The highest BCUT2D eigenvalue weighted by Gasteiger charge is 2.35. The molecule has 0 atom stereocenters. The number of nitrogens with zero attached hydrogens (tertiary/aromatic N) is 1. The molecule has 1 aromatic carbocycles. The molecule has 0 bridgehead atoms. The van der Waals surface area contributed by atoms with Crippen LogP contribution in [0.15, 0.2) is 16.6 Å². The third kappa shape index (κ3) is 2.51. The Kier molecular flexibility index (Phi) is 3.25. The van der Waals surface area contributed by atoms with Crippen LogP contribution in [0.4, 0.5) is 24.5 Å². The van der Waals surface area contributed by atoms with Gasteiger partial charge in [-0.1, -0.05) is 0 Å². The largest absolute Gasteiger partial charge is 0.397 e. The Balaban J connectivity index is 2.27. The first kappa shape index (κ1) is 12.5. The van der Waals surface area contributed by atoms with E-state index in [9.17, 15) is 13.2 Å². The normalized spacial score (nSPS) is 19.4. The maximum absolute atomic E-state index is 13.9. The van der Waals surface area contributed by atoms with Gasteiger partial charge in [0.25, 0.3) is 5.92 Å². The van der Waals surface area contributed by atoms with Gasteiger partial charge in [-0.2, -0.15) is 0 Å². The number of hydrogen-bond acceptors (Lipinski definition) is 2. The molecule has 1 aromatic rings. The van der Waals surface area contributed by atoms with Gasteiger partial charge in [0.1, 0.15) is 0 Å². The summed E-state index contributed by atoms with van der Waals surface area (Å²) in [5, 5.41) is 0. The third-order valence-electron chi connectivity index (χ3n) is 2.91. The van der Waals surface area contributed by atoms with Crippen molar-refractivity contribution in [3.8, 4) is 0 Å². The zero-order valence-electron chi connectivity index (χ0n) is 9.02. The molecule has 1 aliphatic heterocycles. The van der Waals surface area contributed by atoms with Crippen LogP contribution in [-0.4, -0.2) is 19.0 Å². The highest BCUT2D eigenvalue weighted by Crippen LogP contribution is 2.36. The van der Waals surface area contributed by atoms with Crippen molar-refractivity contribution in [2.45, 2.75) is 18.8 Å². The average Bonchev–Trinajstić information content (AvgIpc) is 2.26. The number of anilines is 2. The zero-order chi connectivity index (χ0) is 12.6. The smallest absolute Gasteiger partial charge is 0.251 e. The van der Waals surface area contributed by atoms with E-state index in [1.807, 2.05) is 0 Å². The number of benzene rings is 1. The first-order valence-electron chi connectivity index (χ1n) is 5.27. The molecule has 1 aliphatic rings. The van der Waals surface area contributed by atoms with Crippen molar-refractivity contribution in [2.24, 2.45) is 0 Å². The van der Waals surface area contributed by atoms with Crippen molar-refractivity contribution >= 4 is 27.3 Å². The van der Waals surface area contributed by atoms with Crippen LogP contribution in [0.25, 0.3) is 0 Å². The summed E-state index contributed by atoms with van der Waals surface area (Å²) in [5.74, 6) is -3.14. The van der Waals surface area contributed by atoms with Crippen LogP contribution in [0, 0.1) is 5.82 Å². The molecule has 2 rings (SSSR count). The molecule has 94 valence electrons. The fourth-order valence-corrected chi connectivity index (χ4v) is 2.25. The van der Waals surface area contributed by atoms with Gasteiger partial charge < -0.3 is 10.6 Å². The number of halogens is 4. The number of piperidine rings is 1. The van der Waals surface area contributed by atoms with E-state index in [1.165, 1.54) is 6.07 Å². The number of hydrogen-bond donors (Lipinski definition) is 1. The Morgan fingerprint density at radius 1 is 1.24 bits per heavy atom. The minimum atomic E-state index is -2.65. The highest BCUT2D eigenvalue weighted by molar-refractivity contribution is 9.10. The summed E-state index contributed by atoms with van der Waals surface area (Å²) in [5.41, 5.74) is 6.19. The lowest BCUT2D eigenvalue weighted by atomic mass is 10.1. The molecule has 1 heterocycles. The molecule has 0 radical (unpaired) electrons. The molecule has 0 saturated carbocycles. The van der Waals surface area contributed by atoms with E-state index >= 15 is 0 Å². The van der Waals surface area contributed by atoms with Crippen LogP contribution in [0.1, 0.15) is 12.8 Å². The first-order chi connectivity index (χ1) is 7.91. The van der Waals surface area contributed by atoms with E-state index in [0.29, 0.717) is 4.47 Å². The number of rotatable bonds is 1. The molecule has 2 N–H and O–H groups in total. The van der Waals surface area contributed by atoms with Gasteiger partial charge in [0.15, 0.2) is 5.82 Å². The van der Waals surface area contributed by atoms with Gasteiger partial charge in [0.2, 0.25) is 0 Å². The lowest BCUT2D eigenvalue weighted by Crippen LogP contribution is -2.40. The monoisotopic (exact) mass is 308 g/mol. The summed E-state index contributed by atoms with van der Waals surface area (Å²) >= 11 is 3.06. The number of nitrogen functional groups attached to an aromatic ring is 1. The van der Waals surface area contributed by atoms with Gasteiger partial charge in [-0.25, -0.2) is 13.2 Å². The lowest BCUT2D eigenvalue weighted by molar-refractivity contribution is -0.0221. The third-order valence-corrected chi connectivity index (χ3v) is 3.52. The summed E-state index contributed by atoms with van der Waals surface area (Å²) in [6, 6.07) is 3.07. The Morgan fingerprint density at radius 2 is 1.82 bits per heavy atom. The maximum atomic E-state index is 13.9. The van der Waals surface area contributed by atoms with Crippen molar-refractivity contribution in [3.05, 3.63) is 22.4 Å². The van der Waals surface area contributed by atoms with Crippen LogP contribution >= 0.6 is 15.9 Å². The zero-order valence-corrected chi connectivity index (χ0v) is 10.6. The highest BCUT2D eigenvalue weighted by atomic mass is 79.9. The van der Waals surface area contributed by atoms with Gasteiger partial charge in [-0.3, -0.25) is 0 Å². The topological polar surface area (TPSA) is 29.3 Å². The second kappa shape index (κ2) is 4.40. The Hall–Kier alpha value is -0.910. The maximum Gasteiger partial charge on any atom is 0.251 e. The summed E-state index contributed by atoms with van der Waals surface area (Å²) in [7, 11) is 0. The first-order valence-corrected chi connectivity index (χ1v) is 6.06.